The zero-order chi connectivity index (χ0) is 13.2. The van der Waals surface area contributed by atoms with Gasteiger partial charge in [0.15, 0.2) is 0 Å². The zero-order valence-corrected chi connectivity index (χ0v) is 9.25. The first-order valence-electron chi connectivity index (χ1n) is 4.62. The predicted octanol–water partition coefficient (Wildman–Crippen LogP) is 2.24. The maximum Gasteiger partial charge on any atom is 0.420 e. The lowest BCUT2D eigenvalue weighted by Crippen LogP contribution is -2.14. The molecule has 96 valence electrons. The molecule has 0 aliphatic heterocycles. The third kappa shape index (κ3) is 3.24. The number of methoxy groups -OCH3 is 1. The van der Waals surface area contributed by atoms with E-state index in [1.807, 2.05) is 0 Å². The number of rotatable bonds is 3. The van der Waals surface area contributed by atoms with E-state index in [0.717, 1.165) is 0 Å². The highest BCUT2D eigenvalue weighted by molar-refractivity contribution is 5.47. The SMILES string of the molecule is COc1cc(CN(C)O)c(O)c(C(F)(F)F)c1. The molecule has 4 nitrogen and oxygen atoms in total. The standard InChI is InChI=1S/C10H12F3NO3/c1-14(16)5-6-3-7(17-2)4-8(9(6)15)10(11,12)13/h3-4,15-16H,5H2,1-2H3. The molecule has 0 atom stereocenters. The number of aromatic hydroxyl groups is 1. The molecule has 0 bridgehead atoms. The van der Waals surface area contributed by atoms with Gasteiger partial charge in [-0.1, -0.05) is 0 Å². The maximum absolute atomic E-state index is 12.6. The number of halogens is 3. The minimum atomic E-state index is -4.68. The molecule has 17 heavy (non-hydrogen) atoms. The number of alkyl halides is 3. The summed E-state index contributed by atoms with van der Waals surface area (Å²) in [6, 6.07) is 1.94. The van der Waals surface area contributed by atoms with Crippen molar-refractivity contribution in [2.75, 3.05) is 14.2 Å². The second-order valence-corrected chi connectivity index (χ2v) is 3.50. The van der Waals surface area contributed by atoms with Crippen LogP contribution in [0, 0.1) is 0 Å². The molecule has 2 N–H and O–H groups in total. The lowest BCUT2D eigenvalue weighted by atomic mass is 10.1. The van der Waals surface area contributed by atoms with Crippen LogP contribution in [0.5, 0.6) is 11.5 Å². The van der Waals surface area contributed by atoms with Crippen LogP contribution >= 0.6 is 0 Å². The number of ether oxygens (including phenoxy) is 1. The van der Waals surface area contributed by atoms with Crippen LogP contribution in [0.1, 0.15) is 11.1 Å². The quantitative estimate of drug-likeness (QED) is 0.809. The average molecular weight is 251 g/mol. The molecule has 1 rings (SSSR count). The Labute approximate surface area is 95.8 Å². The van der Waals surface area contributed by atoms with Gasteiger partial charge in [-0.15, -0.1) is 0 Å². The number of nitrogens with zero attached hydrogens (tertiary/aromatic N) is 1. The summed E-state index contributed by atoms with van der Waals surface area (Å²) in [6.45, 7) is -0.244. The molecule has 1 aromatic rings. The van der Waals surface area contributed by atoms with E-state index in [2.05, 4.69) is 0 Å². The van der Waals surface area contributed by atoms with Gasteiger partial charge in [0.2, 0.25) is 0 Å². The van der Waals surface area contributed by atoms with Crippen LogP contribution in [-0.4, -0.2) is 29.5 Å². The molecule has 0 saturated carbocycles. The van der Waals surface area contributed by atoms with Crippen LogP contribution in [-0.2, 0) is 12.7 Å². The summed E-state index contributed by atoms with van der Waals surface area (Å²) < 4.78 is 42.5. The predicted molar refractivity (Wildman–Crippen MR) is 52.9 cm³/mol. The number of phenolic OH excluding ortho intramolecular Hbond substituents is 1. The molecule has 0 amide bonds. The van der Waals surface area contributed by atoms with Crippen molar-refractivity contribution in [2.45, 2.75) is 12.7 Å². The second-order valence-electron chi connectivity index (χ2n) is 3.50. The van der Waals surface area contributed by atoms with E-state index < -0.39 is 17.5 Å². The summed E-state index contributed by atoms with van der Waals surface area (Å²) >= 11 is 0. The Morgan fingerprint density at radius 2 is 1.94 bits per heavy atom. The van der Waals surface area contributed by atoms with Crippen LogP contribution in [0.25, 0.3) is 0 Å². The Morgan fingerprint density at radius 3 is 2.35 bits per heavy atom. The van der Waals surface area contributed by atoms with E-state index in [0.29, 0.717) is 11.1 Å². The van der Waals surface area contributed by atoms with Gasteiger partial charge in [0.1, 0.15) is 17.1 Å². The first-order valence-corrected chi connectivity index (χ1v) is 4.62. The first kappa shape index (κ1) is 13.6. The number of phenols is 1. The molecule has 1 aromatic carbocycles. The molecule has 0 aliphatic carbocycles. The van der Waals surface area contributed by atoms with Crippen LogP contribution in [0.3, 0.4) is 0 Å². The monoisotopic (exact) mass is 251 g/mol. The number of hydroxylamine groups is 2. The molecule has 7 heteroatoms. The lowest BCUT2D eigenvalue weighted by molar-refractivity contribution is -0.139. The van der Waals surface area contributed by atoms with Crippen LogP contribution < -0.4 is 4.74 Å². The van der Waals surface area contributed by atoms with E-state index in [1.54, 1.807) is 0 Å². The molecular weight excluding hydrogens is 239 g/mol. The summed E-state index contributed by atoms with van der Waals surface area (Å²) in [4.78, 5) is 0. The Balaban J connectivity index is 3.31. The van der Waals surface area contributed by atoms with Crippen LogP contribution in [0.2, 0.25) is 0 Å². The number of hydrogen-bond acceptors (Lipinski definition) is 4. The smallest absolute Gasteiger partial charge is 0.420 e. The van der Waals surface area contributed by atoms with Crippen molar-refractivity contribution in [3.63, 3.8) is 0 Å². The molecule has 0 aromatic heterocycles. The van der Waals surface area contributed by atoms with Gasteiger partial charge in [-0.3, -0.25) is 0 Å². The van der Waals surface area contributed by atoms with Crippen LogP contribution in [0.4, 0.5) is 13.2 Å². The Bertz CT molecular complexity index is 405. The van der Waals surface area contributed by atoms with E-state index in [1.165, 1.54) is 20.2 Å². The Morgan fingerprint density at radius 1 is 1.35 bits per heavy atom. The van der Waals surface area contributed by atoms with Crippen molar-refractivity contribution in [3.05, 3.63) is 23.3 Å². The molecule has 0 fully saturated rings. The molecule has 0 unspecified atom stereocenters. The molecule has 0 radical (unpaired) electrons. The second kappa shape index (κ2) is 4.80. The van der Waals surface area contributed by atoms with Gasteiger partial charge in [-0.25, -0.2) is 0 Å². The molecule has 0 heterocycles. The summed E-state index contributed by atoms with van der Waals surface area (Å²) in [5, 5.41) is 19.1. The third-order valence-electron chi connectivity index (χ3n) is 2.10. The molecule has 0 spiro atoms. The highest BCUT2D eigenvalue weighted by atomic mass is 19.4. The Hall–Kier alpha value is -1.47. The largest absolute Gasteiger partial charge is 0.507 e. The van der Waals surface area contributed by atoms with E-state index in [-0.39, 0.29) is 17.9 Å². The van der Waals surface area contributed by atoms with Gasteiger partial charge in [-0.05, 0) is 12.1 Å². The zero-order valence-electron chi connectivity index (χ0n) is 9.25. The molecule has 0 aliphatic rings. The van der Waals surface area contributed by atoms with Gasteiger partial charge >= 0.3 is 6.18 Å². The fraction of sp³-hybridized carbons (Fsp3) is 0.400. The van der Waals surface area contributed by atoms with Crippen molar-refractivity contribution in [3.8, 4) is 11.5 Å². The first-order chi connectivity index (χ1) is 7.75. The summed E-state index contributed by atoms with van der Waals surface area (Å²) in [7, 11) is 2.48. The van der Waals surface area contributed by atoms with Gasteiger partial charge in [-0.2, -0.15) is 18.2 Å². The van der Waals surface area contributed by atoms with Crippen molar-refractivity contribution in [1.82, 2.24) is 5.06 Å². The van der Waals surface area contributed by atoms with E-state index in [9.17, 15) is 18.3 Å². The summed E-state index contributed by atoms with van der Waals surface area (Å²) in [6.07, 6.45) is -4.68. The normalized spacial score (nSPS) is 11.9. The van der Waals surface area contributed by atoms with Crippen molar-refractivity contribution < 1.29 is 28.2 Å². The molecule has 0 saturated heterocycles. The topological polar surface area (TPSA) is 52.9 Å². The summed E-state index contributed by atoms with van der Waals surface area (Å²) in [5.74, 6) is -0.939. The highest BCUT2D eigenvalue weighted by Gasteiger charge is 2.35. The van der Waals surface area contributed by atoms with Gasteiger partial charge in [0.05, 0.1) is 13.7 Å². The van der Waals surface area contributed by atoms with Crippen molar-refractivity contribution in [1.29, 1.82) is 0 Å². The fourth-order valence-corrected chi connectivity index (χ4v) is 1.37. The fourth-order valence-electron chi connectivity index (χ4n) is 1.37. The summed E-state index contributed by atoms with van der Waals surface area (Å²) in [5.41, 5.74) is -1.25. The highest BCUT2D eigenvalue weighted by Crippen LogP contribution is 2.40. The van der Waals surface area contributed by atoms with E-state index in [4.69, 9.17) is 9.94 Å². The average Bonchev–Trinajstić information content (AvgIpc) is 2.18. The van der Waals surface area contributed by atoms with Crippen LogP contribution in [0.15, 0.2) is 12.1 Å². The van der Waals surface area contributed by atoms with Crippen molar-refractivity contribution in [2.24, 2.45) is 0 Å². The number of benzene rings is 1. The molecular formula is C10H12F3NO3. The Kier molecular flexibility index (Phi) is 3.84. The number of hydrogen-bond donors (Lipinski definition) is 2. The third-order valence-corrected chi connectivity index (χ3v) is 2.10. The van der Waals surface area contributed by atoms with Gasteiger partial charge < -0.3 is 15.1 Å². The lowest BCUT2D eigenvalue weighted by Gasteiger charge is -2.16. The van der Waals surface area contributed by atoms with Crippen molar-refractivity contribution >= 4 is 0 Å². The minimum Gasteiger partial charge on any atom is -0.507 e. The van der Waals surface area contributed by atoms with Gasteiger partial charge in [0.25, 0.3) is 0 Å². The van der Waals surface area contributed by atoms with E-state index >= 15 is 0 Å². The minimum absolute atomic E-state index is 0.0352. The van der Waals surface area contributed by atoms with Gasteiger partial charge in [0, 0.05) is 12.6 Å². The maximum atomic E-state index is 12.6.